The number of nitrogens with zero attached hydrogens (tertiary/aromatic N) is 5. The second-order valence-corrected chi connectivity index (χ2v) is 10.8. The molecule has 1 aliphatic heterocycles. The number of likely N-dealkylation sites (tertiary alicyclic amines) is 1. The van der Waals surface area contributed by atoms with Crippen LogP contribution in [0.2, 0.25) is 0 Å². The topological polar surface area (TPSA) is 55.4 Å². The van der Waals surface area contributed by atoms with E-state index in [-0.39, 0.29) is 5.91 Å². The van der Waals surface area contributed by atoms with E-state index in [1.165, 1.54) is 23.1 Å². The van der Waals surface area contributed by atoms with Crippen LogP contribution in [-0.2, 0) is 4.79 Å². The Morgan fingerprint density at radius 3 is 2.64 bits per heavy atom. The van der Waals surface area contributed by atoms with Gasteiger partial charge >= 0.3 is 0 Å². The van der Waals surface area contributed by atoms with Gasteiger partial charge in [0.25, 0.3) is 0 Å². The van der Waals surface area contributed by atoms with Crippen LogP contribution in [0.4, 0.5) is 0 Å². The molecule has 1 aliphatic rings. The number of para-hydroxylation sites is 3. The number of hydrogen-bond acceptors (Lipinski definition) is 6. The monoisotopic (exact) mass is 491 g/mol. The second kappa shape index (κ2) is 8.23. The number of thioether (sulfide) groups is 1. The molecule has 0 unspecified atom stereocenters. The van der Waals surface area contributed by atoms with Gasteiger partial charge in [0.15, 0.2) is 20.4 Å². The summed E-state index contributed by atoms with van der Waals surface area (Å²) in [6.45, 7) is 3.78. The third-order valence-corrected chi connectivity index (χ3v) is 8.37. The molecule has 1 fully saturated rings. The molecule has 9 heteroatoms. The number of hydrogen-bond donors (Lipinski definition) is 0. The number of thiazole rings is 1. The molecule has 6 nitrogen and oxygen atoms in total. The number of amides is 1. The zero-order valence-corrected chi connectivity index (χ0v) is 20.5. The van der Waals surface area contributed by atoms with Crippen LogP contribution in [0.25, 0.3) is 32.7 Å². The summed E-state index contributed by atoms with van der Waals surface area (Å²) < 4.78 is 5.80. The van der Waals surface area contributed by atoms with E-state index in [1.807, 2.05) is 45.9 Å². The van der Waals surface area contributed by atoms with E-state index in [4.69, 9.17) is 22.2 Å². The van der Waals surface area contributed by atoms with Crippen LogP contribution >= 0.6 is 35.3 Å². The summed E-state index contributed by atoms with van der Waals surface area (Å²) in [7, 11) is 0. The highest BCUT2D eigenvalue weighted by molar-refractivity contribution is 7.99. The summed E-state index contributed by atoms with van der Waals surface area (Å²) in [5, 5.41) is 0.758. The predicted molar refractivity (Wildman–Crippen MR) is 137 cm³/mol. The second-order valence-electron chi connectivity index (χ2n) is 8.17. The van der Waals surface area contributed by atoms with E-state index in [2.05, 4.69) is 23.5 Å². The van der Waals surface area contributed by atoms with E-state index in [9.17, 15) is 4.79 Å². The first-order chi connectivity index (χ1) is 16.1. The van der Waals surface area contributed by atoms with E-state index in [0.717, 1.165) is 73.3 Å². The first-order valence-electron chi connectivity index (χ1n) is 10.9. The fourth-order valence-corrected chi connectivity index (χ4v) is 6.68. The van der Waals surface area contributed by atoms with Crippen molar-refractivity contribution >= 4 is 68.3 Å². The molecule has 0 saturated carbocycles. The Labute approximate surface area is 203 Å². The van der Waals surface area contributed by atoms with Crippen LogP contribution in [0, 0.1) is 10.9 Å². The van der Waals surface area contributed by atoms with E-state index in [0.29, 0.717) is 5.75 Å². The van der Waals surface area contributed by atoms with Crippen LogP contribution in [0.15, 0.2) is 53.7 Å². The van der Waals surface area contributed by atoms with Gasteiger partial charge in [0, 0.05) is 13.1 Å². The molecule has 0 spiro atoms. The van der Waals surface area contributed by atoms with Gasteiger partial charge in [-0.1, -0.05) is 53.4 Å². The van der Waals surface area contributed by atoms with Gasteiger partial charge in [0.05, 0.1) is 22.5 Å². The molecule has 0 radical (unpaired) electrons. The van der Waals surface area contributed by atoms with Gasteiger partial charge in [-0.15, -0.1) is 0 Å². The Morgan fingerprint density at radius 1 is 1.06 bits per heavy atom. The molecule has 6 rings (SSSR count). The lowest BCUT2D eigenvalue weighted by Crippen LogP contribution is -2.29. The number of carbonyl (C=O) groups excluding carboxylic acids is 1. The van der Waals surface area contributed by atoms with Gasteiger partial charge in [-0.05, 0) is 55.7 Å². The Bertz CT molecular complexity index is 1590. The summed E-state index contributed by atoms with van der Waals surface area (Å²) in [6, 6.07) is 16.2. The first-order valence-corrected chi connectivity index (χ1v) is 13.1. The molecule has 1 saturated heterocycles. The minimum Gasteiger partial charge on any atom is -0.342 e. The van der Waals surface area contributed by atoms with Crippen molar-refractivity contribution in [1.82, 2.24) is 23.8 Å². The average molecular weight is 492 g/mol. The SMILES string of the molecule is Cc1ccccc1-n1c(=S)sc2c1nc(SCC(=O)N1CCCC1)n1c3ccccc3nc21. The summed E-state index contributed by atoms with van der Waals surface area (Å²) in [5.41, 5.74) is 5.66. The Morgan fingerprint density at radius 2 is 1.82 bits per heavy atom. The number of fused-ring (bicyclic) bond motifs is 5. The third kappa shape index (κ3) is 3.46. The molecular formula is C24H21N5OS3. The molecule has 0 atom stereocenters. The molecule has 2 aromatic carbocycles. The predicted octanol–water partition coefficient (Wildman–Crippen LogP) is 5.64. The van der Waals surface area contributed by atoms with Crippen LogP contribution < -0.4 is 0 Å². The average Bonchev–Trinajstić information content (AvgIpc) is 3.55. The molecule has 166 valence electrons. The zero-order valence-electron chi connectivity index (χ0n) is 18.0. The number of benzene rings is 2. The van der Waals surface area contributed by atoms with Crippen molar-refractivity contribution in [3.63, 3.8) is 0 Å². The maximum atomic E-state index is 12.8. The van der Waals surface area contributed by atoms with E-state index >= 15 is 0 Å². The normalized spacial score (nSPS) is 14.2. The maximum absolute atomic E-state index is 12.8. The molecule has 4 heterocycles. The largest absolute Gasteiger partial charge is 0.342 e. The molecular weight excluding hydrogens is 470 g/mol. The number of rotatable bonds is 4. The quantitative estimate of drug-likeness (QED) is 0.185. The minimum absolute atomic E-state index is 0.165. The van der Waals surface area contributed by atoms with Gasteiger partial charge in [-0.3, -0.25) is 13.8 Å². The van der Waals surface area contributed by atoms with E-state index in [1.54, 1.807) is 0 Å². The number of carbonyl (C=O) groups is 1. The van der Waals surface area contributed by atoms with Crippen molar-refractivity contribution in [3.8, 4) is 5.69 Å². The number of aromatic nitrogens is 4. The lowest BCUT2D eigenvalue weighted by Gasteiger charge is -2.15. The Hall–Kier alpha value is -2.75. The standard InChI is InChI=1S/C24H21N5OS3/c1-15-8-2-4-10-17(15)29-22-20(33-24(29)31)21-25-16-9-3-5-11-18(16)28(21)23(26-22)32-14-19(30)27-12-6-7-13-27/h2-5,8-11H,6-7,12-14H2,1H3. The van der Waals surface area contributed by atoms with Crippen LogP contribution in [0.5, 0.6) is 0 Å². The van der Waals surface area contributed by atoms with Crippen molar-refractivity contribution in [2.24, 2.45) is 0 Å². The zero-order chi connectivity index (χ0) is 22.5. The molecule has 3 aromatic heterocycles. The molecule has 1 amide bonds. The fraction of sp³-hybridized carbons (Fsp3) is 0.250. The molecule has 0 aliphatic carbocycles. The van der Waals surface area contributed by atoms with Crippen LogP contribution in [0.1, 0.15) is 18.4 Å². The Balaban J connectivity index is 1.58. The fourth-order valence-electron chi connectivity index (χ4n) is 4.43. The highest BCUT2D eigenvalue weighted by atomic mass is 32.2. The molecule has 33 heavy (non-hydrogen) atoms. The highest BCUT2D eigenvalue weighted by Gasteiger charge is 2.22. The third-order valence-electron chi connectivity index (χ3n) is 6.08. The summed E-state index contributed by atoms with van der Waals surface area (Å²) in [4.78, 5) is 24.8. The minimum atomic E-state index is 0.165. The van der Waals surface area contributed by atoms with Gasteiger partial charge in [0.2, 0.25) is 5.91 Å². The van der Waals surface area contributed by atoms with Crippen LogP contribution in [-0.4, -0.2) is 48.6 Å². The molecule has 5 aromatic rings. The van der Waals surface area contributed by atoms with Crippen LogP contribution in [0.3, 0.4) is 0 Å². The molecule has 0 N–H and O–H groups in total. The van der Waals surface area contributed by atoms with Gasteiger partial charge < -0.3 is 4.90 Å². The highest BCUT2D eigenvalue weighted by Crippen LogP contribution is 2.34. The van der Waals surface area contributed by atoms with E-state index < -0.39 is 0 Å². The maximum Gasteiger partial charge on any atom is 0.233 e. The summed E-state index contributed by atoms with van der Waals surface area (Å²) >= 11 is 8.80. The smallest absolute Gasteiger partial charge is 0.233 e. The van der Waals surface area contributed by atoms with Crippen molar-refractivity contribution < 1.29 is 4.79 Å². The van der Waals surface area contributed by atoms with Crippen molar-refractivity contribution in [1.29, 1.82) is 0 Å². The van der Waals surface area contributed by atoms with Gasteiger partial charge in [-0.2, -0.15) is 0 Å². The van der Waals surface area contributed by atoms with Gasteiger partial charge in [0.1, 0.15) is 4.70 Å². The number of aryl methyl sites for hydroxylation is 1. The van der Waals surface area contributed by atoms with Crippen molar-refractivity contribution in [2.75, 3.05) is 18.8 Å². The summed E-state index contributed by atoms with van der Waals surface area (Å²) in [6.07, 6.45) is 2.17. The van der Waals surface area contributed by atoms with Crippen molar-refractivity contribution in [3.05, 3.63) is 58.0 Å². The van der Waals surface area contributed by atoms with Gasteiger partial charge in [-0.25, -0.2) is 9.97 Å². The lowest BCUT2D eigenvalue weighted by molar-refractivity contribution is -0.127. The van der Waals surface area contributed by atoms with Crippen molar-refractivity contribution in [2.45, 2.75) is 24.9 Å². The first kappa shape index (κ1) is 20.8. The lowest BCUT2D eigenvalue weighted by atomic mass is 10.2. The summed E-state index contributed by atoms with van der Waals surface area (Å²) in [5.74, 6) is 0.521. The number of imidazole rings is 1. The molecule has 0 bridgehead atoms. The Kier molecular flexibility index (Phi) is 5.20.